The highest BCUT2D eigenvalue weighted by molar-refractivity contribution is 7.98. The molecule has 0 aromatic carbocycles. The van der Waals surface area contributed by atoms with E-state index in [1.807, 2.05) is 6.26 Å². The van der Waals surface area contributed by atoms with Gasteiger partial charge in [-0.15, -0.1) is 0 Å². The van der Waals surface area contributed by atoms with Crippen LogP contribution in [0.2, 0.25) is 0 Å². The lowest BCUT2D eigenvalue weighted by Crippen LogP contribution is -2.30. The fourth-order valence-corrected chi connectivity index (χ4v) is 0.858. The topological polar surface area (TPSA) is 182 Å². The van der Waals surface area contributed by atoms with Gasteiger partial charge in [-0.05, 0) is 18.4 Å². The summed E-state index contributed by atoms with van der Waals surface area (Å²) in [5.74, 6) is -0.1000. The number of carboxylic acids is 1. The third kappa shape index (κ3) is 49.4. The first-order valence-corrected chi connectivity index (χ1v) is 7.76. The smallest absolute Gasteiger partial charge is 0.466 e. The van der Waals surface area contributed by atoms with Gasteiger partial charge in [0.25, 0.3) is 0 Å². The van der Waals surface area contributed by atoms with Gasteiger partial charge in [-0.2, -0.15) is 11.8 Å². The van der Waals surface area contributed by atoms with E-state index < -0.39 is 31.3 Å². The number of phosphoric acid groups is 1. The summed E-state index contributed by atoms with van der Waals surface area (Å²) in [4.78, 5) is 31.6. The molecule has 106 valence electrons. The van der Waals surface area contributed by atoms with E-state index in [4.69, 9.17) is 39.1 Å². The van der Waals surface area contributed by atoms with E-state index in [1.165, 1.54) is 0 Å². The van der Waals surface area contributed by atoms with Crippen LogP contribution in [-0.4, -0.2) is 48.0 Å². The van der Waals surface area contributed by atoms with E-state index in [2.05, 4.69) is 0 Å². The Balaban J connectivity index is -0.000000207. The summed E-state index contributed by atoms with van der Waals surface area (Å²) in [7, 11) is -4.64. The molecule has 7 N–H and O–H groups in total. The maximum atomic E-state index is 10.1. The Morgan fingerprint density at radius 1 is 1.53 bits per heavy atom. The van der Waals surface area contributed by atoms with Crippen molar-refractivity contribution in [1.29, 1.82) is 4.78 Å². The van der Waals surface area contributed by atoms with E-state index in [0.717, 1.165) is 5.75 Å². The van der Waals surface area contributed by atoms with Crippen LogP contribution in [0.25, 0.3) is 0 Å². The molecule has 0 heterocycles. The van der Waals surface area contributed by atoms with E-state index in [0.29, 0.717) is 6.42 Å². The number of hydrogen-bond acceptors (Lipinski definition) is 6. The quantitative estimate of drug-likeness (QED) is 0.342. The number of rotatable bonds is 4. The zero-order valence-corrected chi connectivity index (χ0v) is 11.6. The predicted molar refractivity (Wildman–Crippen MR) is 66.5 cm³/mol. The highest BCUT2D eigenvalue weighted by Gasteiger charge is 2.08. The number of carbonyl (C=O) groups is 1. The Morgan fingerprint density at radius 2 is 1.82 bits per heavy atom. The molecule has 0 amide bonds. The molecule has 1 unspecified atom stereocenters. The Morgan fingerprint density at radius 3 is 2.00 bits per heavy atom. The number of thioether (sulfide) groups is 1. The Hall–Kier alpha value is -0.160. The first kappa shape index (κ1) is 22.1. The zero-order chi connectivity index (χ0) is 14.5. The van der Waals surface area contributed by atoms with E-state index in [9.17, 15) is 4.79 Å². The molecule has 0 fully saturated rings. The maximum Gasteiger partial charge on any atom is 0.466 e. The average Bonchev–Trinajstić information content (AvgIpc) is 2.12. The molecule has 17 heavy (non-hydrogen) atoms. The molecule has 0 saturated carbocycles. The second kappa shape index (κ2) is 13.9. The molecule has 0 rings (SSSR count). The number of nitrogens with two attached hydrogens (primary N) is 1. The minimum atomic E-state index is -4.64. The van der Waals surface area contributed by atoms with Gasteiger partial charge in [-0.3, -0.25) is 13.8 Å². The first-order chi connectivity index (χ1) is 7.59. The molecule has 9 nitrogen and oxygen atoms in total. The Bertz CT molecular complexity index is 269. The minimum absolute atomic E-state index is 0.552. The summed E-state index contributed by atoms with van der Waals surface area (Å²) in [6, 6.07) is -0.683. The Kier molecular flexibility index (Phi) is 18.0. The van der Waals surface area contributed by atoms with E-state index in [1.54, 1.807) is 11.8 Å². The Labute approximate surface area is 106 Å². The van der Waals surface area contributed by atoms with Crippen LogP contribution in [0, 0.1) is 4.78 Å². The van der Waals surface area contributed by atoms with Crippen molar-refractivity contribution in [3.63, 3.8) is 0 Å². The van der Waals surface area contributed by atoms with Crippen LogP contribution < -0.4 is 5.73 Å². The fraction of sp³-hybridized carbons (Fsp3) is 0.800. The molecule has 1 atom stereocenters. The normalized spacial score (nSPS) is 12.1. The lowest BCUT2D eigenvalue weighted by atomic mass is 10.2. The van der Waals surface area contributed by atoms with Crippen LogP contribution in [0.4, 0.5) is 0 Å². The van der Waals surface area contributed by atoms with Crippen molar-refractivity contribution in [1.82, 2.24) is 0 Å². The molecule has 12 heteroatoms. The molecular formula is C5H17N2O7PS2. The molecule has 0 radical (unpaired) electrons. The maximum absolute atomic E-state index is 10.1. The van der Waals surface area contributed by atoms with Gasteiger partial charge in [0.2, 0.25) is 0 Å². The van der Waals surface area contributed by atoms with Crippen LogP contribution in [0.1, 0.15) is 6.42 Å². The zero-order valence-electron chi connectivity index (χ0n) is 8.94. The van der Waals surface area contributed by atoms with Crippen molar-refractivity contribution in [3.05, 3.63) is 0 Å². The third-order valence-corrected chi connectivity index (χ3v) is 1.59. The lowest BCUT2D eigenvalue weighted by Gasteiger charge is -2.02. The third-order valence-electron chi connectivity index (χ3n) is 0.950. The van der Waals surface area contributed by atoms with Crippen molar-refractivity contribution in [3.8, 4) is 0 Å². The molecule has 0 aromatic rings. The monoisotopic (exact) mass is 312 g/mol. The van der Waals surface area contributed by atoms with Crippen molar-refractivity contribution in [2.45, 2.75) is 12.5 Å². The summed E-state index contributed by atoms with van der Waals surface area (Å²) in [5, 5.41) is 8.27. The van der Waals surface area contributed by atoms with Gasteiger partial charge in [0.05, 0.1) is 0 Å². The van der Waals surface area contributed by atoms with Gasteiger partial charge >= 0.3 is 13.8 Å². The van der Waals surface area contributed by atoms with Gasteiger partial charge in [0.15, 0.2) is 0 Å². The summed E-state index contributed by atoms with van der Waals surface area (Å²) >= 11 is 0.687. The first-order valence-electron chi connectivity index (χ1n) is 3.89. The lowest BCUT2D eigenvalue weighted by molar-refractivity contribution is -0.138. The highest BCUT2D eigenvalue weighted by Crippen LogP contribution is 2.25. The number of aliphatic carboxylic acids is 1. The van der Waals surface area contributed by atoms with Crippen LogP contribution in [0.3, 0.4) is 0 Å². The minimum Gasteiger partial charge on any atom is -0.480 e. The average molecular weight is 312 g/mol. The van der Waals surface area contributed by atoms with Crippen molar-refractivity contribution < 1.29 is 33.4 Å². The van der Waals surface area contributed by atoms with Gasteiger partial charge < -0.3 is 25.5 Å². The van der Waals surface area contributed by atoms with Crippen molar-refractivity contribution in [2.24, 2.45) is 5.73 Å². The van der Waals surface area contributed by atoms with Gasteiger partial charge in [0.1, 0.15) is 6.04 Å². The molecule has 0 aliphatic rings. The second-order valence-corrected chi connectivity index (χ2v) is 4.56. The molecule has 0 aliphatic carbocycles. The summed E-state index contributed by atoms with van der Waals surface area (Å²) < 4.78 is 23.2. The highest BCUT2D eigenvalue weighted by atomic mass is 32.2. The van der Waals surface area contributed by atoms with Crippen molar-refractivity contribution >= 4 is 37.0 Å². The largest absolute Gasteiger partial charge is 0.480 e. The van der Waals surface area contributed by atoms with Crippen LogP contribution >= 0.6 is 19.6 Å². The second-order valence-electron chi connectivity index (χ2n) is 2.34. The molecular weight excluding hydrogens is 295 g/mol. The van der Waals surface area contributed by atoms with E-state index >= 15 is 0 Å². The molecule has 0 aliphatic heterocycles. The predicted octanol–water partition coefficient (Wildman–Crippen LogP) is -1.35. The van der Waals surface area contributed by atoms with Crippen LogP contribution in [0.15, 0.2) is 0 Å². The van der Waals surface area contributed by atoms with Crippen LogP contribution in [-0.2, 0) is 20.8 Å². The number of hydrogen-bond donors (Lipinski definition) is 6. The standard InChI is InChI=1S/C5H11NO2S.H3NOS.H3O4P/c1-9-3-2-4(6)5(7)8;1-3-2;1-5(2,3)4/h4H,2-3,6H2,1H3,(H,7,8);1H,3H2;(H3,1,2,3,4). The summed E-state index contributed by atoms with van der Waals surface area (Å²) in [6.07, 6.45) is 2.48. The van der Waals surface area contributed by atoms with Gasteiger partial charge in [-0.1, -0.05) is 0 Å². The summed E-state index contributed by atoms with van der Waals surface area (Å²) in [5.41, 5.74) is 5.19. The number of carboxylic acid groups (broad SMARTS) is 1. The fourth-order valence-electron chi connectivity index (χ4n) is 0.368. The van der Waals surface area contributed by atoms with Crippen LogP contribution in [0.5, 0.6) is 0 Å². The molecule has 0 saturated heterocycles. The van der Waals surface area contributed by atoms with Crippen molar-refractivity contribution in [2.75, 3.05) is 12.0 Å². The van der Waals surface area contributed by atoms with Gasteiger partial charge in [0, 0.05) is 11.5 Å². The molecule has 0 aromatic heterocycles. The summed E-state index contributed by atoms with van der Waals surface area (Å²) in [6.45, 7) is 0. The number of nitrogens with one attached hydrogen (secondary N) is 1. The molecule has 0 bridgehead atoms. The van der Waals surface area contributed by atoms with E-state index in [-0.39, 0.29) is 0 Å². The SMILES string of the molecule is CSCCC(N)C(=O)O.N=[SH2]=O.O=P(O)(O)O. The molecule has 0 spiro atoms. The van der Waals surface area contributed by atoms with Gasteiger partial charge in [-0.25, -0.2) is 4.57 Å².